The van der Waals surface area contributed by atoms with Crippen LogP contribution in [0.4, 0.5) is 5.69 Å². The Balaban J connectivity index is 0.00000242. The smallest absolute Gasteiger partial charge is 0.238 e. The Kier molecular flexibility index (Phi) is 8.39. The lowest BCUT2D eigenvalue weighted by molar-refractivity contribution is -0.117. The number of benzene rings is 1. The number of anilines is 1. The molecule has 0 radical (unpaired) electrons. The van der Waals surface area contributed by atoms with Crippen molar-refractivity contribution in [3.05, 3.63) is 28.2 Å². The highest BCUT2D eigenvalue weighted by Gasteiger charge is 2.23. The van der Waals surface area contributed by atoms with Gasteiger partial charge in [0.2, 0.25) is 5.91 Å². The van der Waals surface area contributed by atoms with E-state index in [9.17, 15) is 4.79 Å². The zero-order valence-electron chi connectivity index (χ0n) is 13.2. The van der Waals surface area contributed by atoms with Crippen molar-refractivity contribution in [3.8, 4) is 0 Å². The number of halogens is 2. The summed E-state index contributed by atoms with van der Waals surface area (Å²) in [5.74, 6) is 0.0702. The van der Waals surface area contributed by atoms with Crippen molar-refractivity contribution in [2.75, 3.05) is 31.5 Å². The molecule has 0 spiro atoms. The molecule has 22 heavy (non-hydrogen) atoms. The number of carbonyl (C=O) groups is 1. The van der Waals surface area contributed by atoms with E-state index in [0.717, 1.165) is 48.2 Å². The molecule has 124 valence electrons. The molecule has 2 rings (SSSR count). The van der Waals surface area contributed by atoms with Crippen molar-refractivity contribution in [1.29, 1.82) is 0 Å². The average molecular weight is 391 g/mol. The topological polar surface area (TPSA) is 44.4 Å². The highest BCUT2D eigenvalue weighted by atomic mass is 79.9. The maximum Gasteiger partial charge on any atom is 0.238 e. The van der Waals surface area contributed by atoms with Gasteiger partial charge in [0, 0.05) is 22.7 Å². The molecule has 2 N–H and O–H groups in total. The van der Waals surface area contributed by atoms with Gasteiger partial charge in [0.15, 0.2) is 0 Å². The van der Waals surface area contributed by atoms with Gasteiger partial charge in [0.05, 0.1) is 6.54 Å². The SMILES string of the molecule is CCCN(CC(=O)Nc1ccc(Br)cc1C)C1CCNC1.Cl. The van der Waals surface area contributed by atoms with E-state index in [-0.39, 0.29) is 18.3 Å². The molecule has 0 aromatic heterocycles. The minimum absolute atomic E-state index is 0. The molecule has 1 aliphatic rings. The van der Waals surface area contributed by atoms with Gasteiger partial charge in [0.25, 0.3) is 0 Å². The van der Waals surface area contributed by atoms with E-state index < -0.39 is 0 Å². The Hall–Kier alpha value is -0.620. The zero-order valence-corrected chi connectivity index (χ0v) is 15.6. The van der Waals surface area contributed by atoms with Crippen LogP contribution in [0.3, 0.4) is 0 Å². The first-order valence-electron chi connectivity index (χ1n) is 7.61. The molecule has 1 unspecified atom stereocenters. The average Bonchev–Trinajstić information content (AvgIpc) is 2.95. The number of nitrogens with one attached hydrogen (secondary N) is 2. The Morgan fingerprint density at radius 2 is 2.27 bits per heavy atom. The van der Waals surface area contributed by atoms with Crippen molar-refractivity contribution >= 4 is 39.9 Å². The first-order valence-corrected chi connectivity index (χ1v) is 8.40. The second-order valence-electron chi connectivity index (χ2n) is 5.62. The minimum Gasteiger partial charge on any atom is -0.325 e. The van der Waals surface area contributed by atoms with Gasteiger partial charge >= 0.3 is 0 Å². The Morgan fingerprint density at radius 1 is 1.50 bits per heavy atom. The van der Waals surface area contributed by atoms with Crippen LogP contribution in [0.1, 0.15) is 25.3 Å². The summed E-state index contributed by atoms with van der Waals surface area (Å²) in [6.07, 6.45) is 2.20. The van der Waals surface area contributed by atoms with Gasteiger partial charge in [-0.3, -0.25) is 9.69 Å². The van der Waals surface area contributed by atoms with E-state index in [2.05, 4.69) is 38.4 Å². The highest BCUT2D eigenvalue weighted by molar-refractivity contribution is 9.10. The lowest BCUT2D eigenvalue weighted by Gasteiger charge is -2.27. The van der Waals surface area contributed by atoms with Crippen molar-refractivity contribution in [2.24, 2.45) is 0 Å². The molecule has 1 saturated heterocycles. The van der Waals surface area contributed by atoms with Crippen molar-refractivity contribution in [2.45, 2.75) is 32.7 Å². The van der Waals surface area contributed by atoms with Gasteiger partial charge in [0.1, 0.15) is 0 Å². The summed E-state index contributed by atoms with van der Waals surface area (Å²) >= 11 is 3.44. The number of aryl methyl sites for hydroxylation is 1. The third-order valence-electron chi connectivity index (χ3n) is 3.87. The van der Waals surface area contributed by atoms with Crippen molar-refractivity contribution in [3.63, 3.8) is 0 Å². The zero-order chi connectivity index (χ0) is 15.2. The molecule has 0 saturated carbocycles. The van der Waals surface area contributed by atoms with Crippen LogP contribution in [0.2, 0.25) is 0 Å². The normalized spacial score (nSPS) is 17.4. The predicted octanol–water partition coefficient (Wildman–Crippen LogP) is 3.19. The van der Waals surface area contributed by atoms with E-state index in [0.29, 0.717) is 12.6 Å². The van der Waals surface area contributed by atoms with Crippen LogP contribution in [-0.4, -0.2) is 43.0 Å². The summed E-state index contributed by atoms with van der Waals surface area (Å²) in [4.78, 5) is 14.6. The monoisotopic (exact) mass is 389 g/mol. The van der Waals surface area contributed by atoms with Crippen molar-refractivity contribution in [1.82, 2.24) is 10.2 Å². The first kappa shape index (κ1) is 19.4. The summed E-state index contributed by atoms with van der Waals surface area (Å²) in [6.45, 7) is 7.65. The lowest BCUT2D eigenvalue weighted by Crippen LogP contribution is -2.42. The minimum atomic E-state index is 0. The largest absolute Gasteiger partial charge is 0.325 e. The van der Waals surface area contributed by atoms with E-state index in [4.69, 9.17) is 0 Å². The first-order chi connectivity index (χ1) is 10.1. The van der Waals surface area contributed by atoms with Crippen LogP contribution < -0.4 is 10.6 Å². The molecule has 1 aromatic carbocycles. The number of carbonyl (C=O) groups excluding carboxylic acids is 1. The van der Waals surface area contributed by atoms with Crippen LogP contribution in [0.25, 0.3) is 0 Å². The van der Waals surface area contributed by atoms with E-state index in [1.165, 1.54) is 0 Å². The van der Waals surface area contributed by atoms with Crippen LogP contribution in [0.15, 0.2) is 22.7 Å². The van der Waals surface area contributed by atoms with Crippen molar-refractivity contribution < 1.29 is 4.79 Å². The fraction of sp³-hybridized carbons (Fsp3) is 0.562. The van der Waals surface area contributed by atoms with Gasteiger partial charge in [-0.2, -0.15) is 0 Å². The second-order valence-corrected chi connectivity index (χ2v) is 6.54. The Morgan fingerprint density at radius 3 is 2.86 bits per heavy atom. The van der Waals surface area contributed by atoms with Crippen LogP contribution in [-0.2, 0) is 4.79 Å². The molecule has 1 aromatic rings. The summed E-state index contributed by atoms with van der Waals surface area (Å²) in [5, 5.41) is 6.40. The lowest BCUT2D eigenvalue weighted by atomic mass is 10.2. The third-order valence-corrected chi connectivity index (χ3v) is 4.36. The molecular formula is C16H25BrClN3O. The Labute approximate surface area is 147 Å². The number of amides is 1. The molecule has 1 atom stereocenters. The molecule has 6 heteroatoms. The summed E-state index contributed by atoms with van der Waals surface area (Å²) in [7, 11) is 0. The molecule has 0 bridgehead atoms. The maximum atomic E-state index is 12.3. The summed E-state index contributed by atoms with van der Waals surface area (Å²) in [6, 6.07) is 6.40. The summed E-state index contributed by atoms with van der Waals surface area (Å²) < 4.78 is 1.03. The van der Waals surface area contributed by atoms with Gasteiger partial charge in [-0.1, -0.05) is 22.9 Å². The van der Waals surface area contributed by atoms with Gasteiger partial charge in [-0.15, -0.1) is 12.4 Å². The van der Waals surface area contributed by atoms with Gasteiger partial charge in [-0.25, -0.2) is 0 Å². The van der Waals surface area contributed by atoms with Crippen LogP contribution >= 0.6 is 28.3 Å². The molecule has 1 aliphatic heterocycles. The molecular weight excluding hydrogens is 366 g/mol. The molecule has 1 amide bonds. The molecule has 1 heterocycles. The molecule has 0 aliphatic carbocycles. The van der Waals surface area contributed by atoms with E-state index in [1.807, 2.05) is 25.1 Å². The highest BCUT2D eigenvalue weighted by Crippen LogP contribution is 2.20. The molecule has 1 fully saturated rings. The number of nitrogens with zero attached hydrogens (tertiary/aromatic N) is 1. The number of hydrogen-bond donors (Lipinski definition) is 2. The molecule has 4 nitrogen and oxygen atoms in total. The van der Waals surface area contributed by atoms with Gasteiger partial charge < -0.3 is 10.6 Å². The fourth-order valence-corrected chi connectivity index (χ4v) is 3.25. The third kappa shape index (κ3) is 5.54. The van der Waals surface area contributed by atoms with Crippen LogP contribution in [0.5, 0.6) is 0 Å². The summed E-state index contributed by atoms with van der Waals surface area (Å²) in [5.41, 5.74) is 1.96. The van der Waals surface area contributed by atoms with Gasteiger partial charge in [-0.05, 0) is 56.6 Å². The fourth-order valence-electron chi connectivity index (χ4n) is 2.77. The number of rotatable bonds is 6. The predicted molar refractivity (Wildman–Crippen MR) is 97.9 cm³/mol. The van der Waals surface area contributed by atoms with E-state index in [1.54, 1.807) is 0 Å². The number of hydrogen-bond acceptors (Lipinski definition) is 3. The Bertz CT molecular complexity index is 492. The standard InChI is InChI=1S/C16H24BrN3O.ClH/c1-3-8-20(14-6-7-18-10-14)11-16(21)19-15-5-4-13(17)9-12(15)2;/h4-5,9,14,18H,3,6-8,10-11H2,1-2H3,(H,19,21);1H. The maximum absolute atomic E-state index is 12.3. The quantitative estimate of drug-likeness (QED) is 0.784. The van der Waals surface area contributed by atoms with E-state index >= 15 is 0 Å². The second kappa shape index (κ2) is 9.50. The van der Waals surface area contributed by atoms with Crippen LogP contribution in [0, 0.1) is 6.92 Å².